The minimum absolute atomic E-state index is 0.220. The van der Waals surface area contributed by atoms with Crippen molar-refractivity contribution in [3.63, 3.8) is 0 Å². The third-order valence-corrected chi connectivity index (χ3v) is 6.30. The van der Waals surface area contributed by atoms with E-state index in [0.717, 1.165) is 11.1 Å². The van der Waals surface area contributed by atoms with Crippen LogP contribution < -0.4 is 31.3 Å². The molecule has 0 saturated heterocycles. The molecule has 42 heavy (non-hydrogen) atoms. The normalized spacial score (nSPS) is 10.3. The molecule has 0 bridgehead atoms. The maximum atomic E-state index is 13.2. The minimum Gasteiger partial charge on any atom is -0.497 e. The maximum Gasteiger partial charge on any atom is 0.261 e. The molecule has 3 aromatic carbocycles. The quantitative estimate of drug-likeness (QED) is 0.158. The summed E-state index contributed by atoms with van der Waals surface area (Å²) in [5, 5.41) is 14.5. The number of nitrogens with one attached hydrogen (secondary N) is 5. The molecule has 4 rings (SSSR count). The Bertz CT molecular complexity index is 1650. The van der Waals surface area contributed by atoms with Crippen LogP contribution in [0.3, 0.4) is 0 Å². The zero-order valence-electron chi connectivity index (χ0n) is 23.7. The first-order valence-corrected chi connectivity index (χ1v) is 12.9. The van der Waals surface area contributed by atoms with Crippen LogP contribution in [-0.4, -0.2) is 41.8 Å². The molecule has 0 radical (unpaired) electrons. The monoisotopic (exact) mass is 565 g/mol. The van der Waals surface area contributed by atoms with Crippen LogP contribution in [0, 0.1) is 13.8 Å². The van der Waals surface area contributed by atoms with Crippen LogP contribution in [0.4, 0.5) is 34.5 Å². The summed E-state index contributed by atoms with van der Waals surface area (Å²) in [6.07, 6.45) is 2.61. The predicted molar refractivity (Wildman–Crippen MR) is 165 cm³/mol. The lowest BCUT2D eigenvalue weighted by atomic mass is 10.1. The highest BCUT2D eigenvalue weighted by Crippen LogP contribution is 2.25. The SMILES string of the molecule is C=CC(=O)Nc1cc(Nc2ncc(C(=O)Nc3cc(NC(=O)c4ccc(OC)cc4)ccc3C)c(NC)n2)ccc1C. The van der Waals surface area contributed by atoms with Crippen LogP contribution >= 0.6 is 0 Å². The Morgan fingerprint density at radius 1 is 0.833 bits per heavy atom. The van der Waals surface area contributed by atoms with Gasteiger partial charge >= 0.3 is 0 Å². The molecule has 0 spiro atoms. The second-order valence-electron chi connectivity index (χ2n) is 9.22. The van der Waals surface area contributed by atoms with Crippen molar-refractivity contribution < 1.29 is 19.1 Å². The third-order valence-electron chi connectivity index (χ3n) is 6.30. The average molecular weight is 566 g/mol. The number of hydrogen-bond donors (Lipinski definition) is 5. The number of ether oxygens (including phenoxy) is 1. The summed E-state index contributed by atoms with van der Waals surface area (Å²) in [5.74, 6) is 0.159. The van der Waals surface area contributed by atoms with Crippen molar-refractivity contribution in [1.82, 2.24) is 9.97 Å². The number of methoxy groups -OCH3 is 1. The van der Waals surface area contributed by atoms with Gasteiger partial charge in [-0.3, -0.25) is 14.4 Å². The second kappa shape index (κ2) is 13.1. The van der Waals surface area contributed by atoms with Gasteiger partial charge in [-0.05, 0) is 79.6 Å². The minimum atomic E-state index is -0.433. The van der Waals surface area contributed by atoms with E-state index in [1.54, 1.807) is 62.7 Å². The summed E-state index contributed by atoms with van der Waals surface area (Å²) in [6.45, 7) is 7.19. The summed E-state index contributed by atoms with van der Waals surface area (Å²) < 4.78 is 5.14. The van der Waals surface area contributed by atoms with Crippen molar-refractivity contribution in [2.24, 2.45) is 0 Å². The number of nitrogens with zero attached hydrogens (tertiary/aromatic N) is 2. The molecule has 11 heteroatoms. The summed E-state index contributed by atoms with van der Waals surface area (Å²) in [6, 6.07) is 17.4. The molecule has 214 valence electrons. The van der Waals surface area contributed by atoms with Crippen LogP contribution in [0.5, 0.6) is 5.75 Å². The summed E-state index contributed by atoms with van der Waals surface area (Å²) >= 11 is 0. The Morgan fingerprint density at radius 2 is 1.48 bits per heavy atom. The number of aromatic nitrogens is 2. The van der Waals surface area contributed by atoms with Crippen molar-refractivity contribution >= 4 is 52.2 Å². The highest BCUT2D eigenvalue weighted by Gasteiger charge is 2.17. The second-order valence-corrected chi connectivity index (χ2v) is 9.22. The smallest absolute Gasteiger partial charge is 0.261 e. The highest BCUT2D eigenvalue weighted by atomic mass is 16.5. The van der Waals surface area contributed by atoms with Crippen LogP contribution in [-0.2, 0) is 4.79 Å². The number of carbonyl (C=O) groups is 3. The molecule has 4 aromatic rings. The molecule has 1 heterocycles. The fourth-order valence-corrected chi connectivity index (χ4v) is 3.92. The first-order chi connectivity index (χ1) is 20.2. The Morgan fingerprint density at radius 3 is 2.12 bits per heavy atom. The average Bonchev–Trinajstić information content (AvgIpc) is 3.00. The van der Waals surface area contributed by atoms with Gasteiger partial charge in [-0.25, -0.2) is 4.98 Å². The summed E-state index contributed by atoms with van der Waals surface area (Å²) in [5.41, 5.74) is 4.66. The van der Waals surface area contributed by atoms with Gasteiger partial charge in [0.25, 0.3) is 11.8 Å². The van der Waals surface area contributed by atoms with Crippen molar-refractivity contribution in [2.45, 2.75) is 13.8 Å². The number of benzene rings is 3. The molecule has 0 aliphatic heterocycles. The number of amides is 3. The maximum absolute atomic E-state index is 13.2. The Kier molecular flexibility index (Phi) is 9.13. The molecule has 5 N–H and O–H groups in total. The Balaban J connectivity index is 1.48. The fraction of sp³-hybridized carbons (Fsp3) is 0.129. The lowest BCUT2D eigenvalue weighted by Gasteiger charge is -2.14. The van der Waals surface area contributed by atoms with E-state index in [2.05, 4.69) is 43.1 Å². The van der Waals surface area contributed by atoms with E-state index in [-0.39, 0.29) is 23.3 Å². The van der Waals surface area contributed by atoms with Crippen LogP contribution in [0.2, 0.25) is 0 Å². The van der Waals surface area contributed by atoms with Crippen LogP contribution in [0.15, 0.2) is 79.5 Å². The number of rotatable bonds is 10. The van der Waals surface area contributed by atoms with E-state index in [4.69, 9.17) is 4.74 Å². The highest BCUT2D eigenvalue weighted by molar-refractivity contribution is 6.09. The van der Waals surface area contributed by atoms with Crippen molar-refractivity contribution in [3.8, 4) is 5.75 Å². The van der Waals surface area contributed by atoms with E-state index in [1.807, 2.05) is 26.0 Å². The molecule has 1 aromatic heterocycles. The lowest BCUT2D eigenvalue weighted by Crippen LogP contribution is -2.17. The van der Waals surface area contributed by atoms with Gasteiger partial charge in [-0.15, -0.1) is 0 Å². The molecule has 0 fully saturated rings. The third kappa shape index (κ3) is 7.07. The summed E-state index contributed by atoms with van der Waals surface area (Å²) in [4.78, 5) is 46.4. The van der Waals surface area contributed by atoms with Crippen molar-refractivity contribution in [1.29, 1.82) is 0 Å². The lowest BCUT2D eigenvalue weighted by molar-refractivity contribution is -0.111. The molecule has 3 amide bonds. The van der Waals surface area contributed by atoms with E-state index in [1.165, 1.54) is 12.3 Å². The van der Waals surface area contributed by atoms with Gasteiger partial charge in [0, 0.05) is 41.6 Å². The van der Waals surface area contributed by atoms with Crippen molar-refractivity contribution in [2.75, 3.05) is 40.7 Å². The molecule has 0 saturated carbocycles. The van der Waals surface area contributed by atoms with E-state index in [9.17, 15) is 14.4 Å². The number of carbonyl (C=O) groups excluding carboxylic acids is 3. The first kappa shape index (κ1) is 29.3. The number of hydrogen-bond acceptors (Lipinski definition) is 8. The molecule has 0 aliphatic rings. The zero-order chi connectivity index (χ0) is 30.2. The summed E-state index contributed by atoms with van der Waals surface area (Å²) in [7, 11) is 3.21. The fourth-order valence-electron chi connectivity index (χ4n) is 3.92. The molecular formula is C31H31N7O4. The van der Waals surface area contributed by atoms with Gasteiger partial charge in [0.15, 0.2) is 0 Å². The molecular weight excluding hydrogens is 534 g/mol. The number of anilines is 6. The van der Waals surface area contributed by atoms with Gasteiger partial charge in [0.2, 0.25) is 11.9 Å². The molecule has 0 unspecified atom stereocenters. The zero-order valence-corrected chi connectivity index (χ0v) is 23.7. The predicted octanol–water partition coefficient (Wildman–Crippen LogP) is 5.52. The largest absolute Gasteiger partial charge is 0.497 e. The van der Waals surface area contributed by atoms with Gasteiger partial charge < -0.3 is 31.3 Å². The van der Waals surface area contributed by atoms with Gasteiger partial charge in [-0.2, -0.15) is 4.98 Å². The van der Waals surface area contributed by atoms with Gasteiger partial charge in [-0.1, -0.05) is 18.7 Å². The Labute approximate surface area is 243 Å². The van der Waals surface area contributed by atoms with Gasteiger partial charge in [0.05, 0.1) is 7.11 Å². The van der Waals surface area contributed by atoms with E-state index in [0.29, 0.717) is 39.9 Å². The Hall–Kier alpha value is -5.71. The topological polar surface area (TPSA) is 146 Å². The van der Waals surface area contributed by atoms with Gasteiger partial charge in [0.1, 0.15) is 17.1 Å². The van der Waals surface area contributed by atoms with Crippen LogP contribution in [0.1, 0.15) is 31.8 Å². The first-order valence-electron chi connectivity index (χ1n) is 12.9. The van der Waals surface area contributed by atoms with Crippen molar-refractivity contribution in [3.05, 3.63) is 102 Å². The standard InChI is InChI=1S/C31H31N7O4/c1-6-27(39)36-25-16-22(12-8-18(25)2)35-31-33-17-24(28(32-4)38-31)30(41)37-26-15-21(11-7-19(26)3)34-29(40)20-9-13-23(42-5)14-10-20/h6-17H,1H2,2-5H3,(H,34,40)(H,36,39)(H,37,41)(H2,32,33,35,38). The molecule has 0 aliphatic carbocycles. The molecule has 0 atom stereocenters. The van der Waals surface area contributed by atoms with E-state index < -0.39 is 5.91 Å². The van der Waals surface area contributed by atoms with Crippen LogP contribution in [0.25, 0.3) is 0 Å². The number of aryl methyl sites for hydroxylation is 2. The molecule has 11 nitrogen and oxygen atoms in total. The van der Waals surface area contributed by atoms with E-state index >= 15 is 0 Å².